The maximum Gasteiger partial charge on any atom is 0.157 e. The van der Waals surface area contributed by atoms with E-state index in [4.69, 9.17) is 4.99 Å². The van der Waals surface area contributed by atoms with Gasteiger partial charge < -0.3 is 10.2 Å². The van der Waals surface area contributed by atoms with Crippen molar-refractivity contribution in [3.05, 3.63) is 0 Å². The highest BCUT2D eigenvalue weighted by Crippen LogP contribution is 2.37. The van der Waals surface area contributed by atoms with Gasteiger partial charge in [-0.3, -0.25) is 4.99 Å². The van der Waals surface area contributed by atoms with Crippen LogP contribution >= 0.6 is 11.8 Å². The van der Waals surface area contributed by atoms with E-state index in [1.165, 1.54) is 69.1 Å². The third-order valence-corrected chi connectivity index (χ3v) is 5.92. The molecule has 1 aliphatic heterocycles. The van der Waals surface area contributed by atoms with Crippen LogP contribution < -0.4 is 5.32 Å². The molecule has 0 amide bonds. The summed E-state index contributed by atoms with van der Waals surface area (Å²) in [5.74, 6) is 1.23. The Morgan fingerprint density at radius 3 is 2.65 bits per heavy atom. The van der Waals surface area contributed by atoms with Gasteiger partial charge in [0.2, 0.25) is 0 Å². The predicted molar refractivity (Wildman–Crippen MR) is 90.7 cm³/mol. The van der Waals surface area contributed by atoms with Gasteiger partial charge >= 0.3 is 0 Å². The van der Waals surface area contributed by atoms with Crippen molar-refractivity contribution in [3.63, 3.8) is 0 Å². The first-order chi connectivity index (χ1) is 9.67. The van der Waals surface area contributed by atoms with E-state index in [1.807, 2.05) is 11.8 Å². The van der Waals surface area contributed by atoms with E-state index in [0.717, 1.165) is 0 Å². The summed E-state index contributed by atoms with van der Waals surface area (Å²) >= 11 is 1.94. The lowest BCUT2D eigenvalue weighted by atomic mass is 10.0. The van der Waals surface area contributed by atoms with Crippen molar-refractivity contribution >= 4 is 16.9 Å². The van der Waals surface area contributed by atoms with Crippen molar-refractivity contribution in [2.45, 2.75) is 70.9 Å². The zero-order valence-electron chi connectivity index (χ0n) is 13.5. The topological polar surface area (TPSA) is 27.6 Å². The Balaban J connectivity index is 1.71. The number of nitrogens with one attached hydrogen (secondary N) is 1. The lowest BCUT2D eigenvalue weighted by Crippen LogP contribution is -2.40. The summed E-state index contributed by atoms with van der Waals surface area (Å²) in [6.07, 6.45) is 7.93. The van der Waals surface area contributed by atoms with E-state index in [2.05, 4.69) is 31.0 Å². The van der Waals surface area contributed by atoms with Gasteiger partial charge in [-0.15, -0.1) is 0 Å². The van der Waals surface area contributed by atoms with Crippen LogP contribution in [0.15, 0.2) is 4.99 Å². The van der Waals surface area contributed by atoms with E-state index >= 15 is 0 Å². The average molecular weight is 298 g/mol. The van der Waals surface area contributed by atoms with Crippen LogP contribution in [0.3, 0.4) is 0 Å². The van der Waals surface area contributed by atoms with Crippen LogP contribution in [0, 0.1) is 0 Å². The first-order valence-corrected chi connectivity index (χ1v) is 9.37. The molecule has 1 unspecified atom stereocenters. The highest BCUT2D eigenvalue weighted by Gasteiger charge is 2.39. The highest BCUT2D eigenvalue weighted by atomic mass is 32.2. The maximum atomic E-state index is 4.89. The highest BCUT2D eigenvalue weighted by molar-refractivity contribution is 8.14. The van der Waals surface area contributed by atoms with Gasteiger partial charge in [-0.2, -0.15) is 0 Å². The first-order valence-electron chi connectivity index (χ1n) is 8.38. The first kappa shape index (κ1) is 16.2. The van der Waals surface area contributed by atoms with E-state index in [-0.39, 0.29) is 0 Å². The van der Waals surface area contributed by atoms with Crippen LogP contribution in [-0.4, -0.2) is 47.0 Å². The van der Waals surface area contributed by atoms with E-state index < -0.39 is 0 Å². The summed E-state index contributed by atoms with van der Waals surface area (Å²) < 4.78 is 0. The quantitative estimate of drug-likeness (QED) is 0.779. The molecule has 0 radical (unpaired) electrons. The molecule has 2 fully saturated rings. The third-order valence-electron chi connectivity index (χ3n) is 4.75. The fourth-order valence-electron chi connectivity index (χ4n) is 3.31. The molecule has 0 bridgehead atoms. The van der Waals surface area contributed by atoms with Gasteiger partial charge in [0.05, 0.1) is 6.04 Å². The van der Waals surface area contributed by atoms with Gasteiger partial charge in [0.25, 0.3) is 0 Å². The Kier molecular flexibility index (Phi) is 6.21. The van der Waals surface area contributed by atoms with Gasteiger partial charge in [0, 0.05) is 11.3 Å². The van der Waals surface area contributed by atoms with Crippen LogP contribution in [0.1, 0.15) is 59.3 Å². The standard InChI is InChI=1S/C16H31N3S/c1-4-19(5-2)12-8-9-14(3)17-15-18-16(13-20-15)10-6-7-11-16/h14H,4-13H2,1-3H3,(H,17,18). The summed E-state index contributed by atoms with van der Waals surface area (Å²) in [5.41, 5.74) is 0.407. The Morgan fingerprint density at radius 2 is 2.00 bits per heavy atom. The van der Waals surface area contributed by atoms with E-state index in [0.29, 0.717) is 11.6 Å². The molecule has 1 aliphatic carbocycles. The number of hydrogen-bond donors (Lipinski definition) is 1. The lowest BCUT2D eigenvalue weighted by molar-refractivity contribution is 0.294. The van der Waals surface area contributed by atoms with Crippen molar-refractivity contribution in [3.8, 4) is 0 Å². The minimum Gasteiger partial charge on any atom is -0.359 e. The van der Waals surface area contributed by atoms with Gasteiger partial charge in [0.15, 0.2) is 5.17 Å². The molecule has 0 aromatic heterocycles. The minimum atomic E-state index is 0.407. The van der Waals surface area contributed by atoms with Crippen molar-refractivity contribution < 1.29 is 0 Å². The number of nitrogens with zero attached hydrogens (tertiary/aromatic N) is 2. The second kappa shape index (κ2) is 7.69. The Bertz CT molecular complexity index is 320. The van der Waals surface area contributed by atoms with Crippen LogP contribution in [0.4, 0.5) is 0 Å². The molecule has 3 nitrogen and oxygen atoms in total. The smallest absolute Gasteiger partial charge is 0.157 e. The van der Waals surface area contributed by atoms with Crippen molar-refractivity contribution in [2.24, 2.45) is 4.99 Å². The molecule has 0 aromatic rings. The van der Waals surface area contributed by atoms with Gasteiger partial charge in [0.1, 0.15) is 0 Å². The van der Waals surface area contributed by atoms with E-state index in [9.17, 15) is 0 Å². The monoisotopic (exact) mass is 297 g/mol. The fourth-order valence-corrected chi connectivity index (χ4v) is 4.63. The molecule has 1 saturated heterocycles. The molecule has 1 saturated carbocycles. The predicted octanol–water partition coefficient (Wildman–Crippen LogP) is 3.50. The Morgan fingerprint density at radius 1 is 1.30 bits per heavy atom. The molecule has 116 valence electrons. The molecule has 0 aromatic carbocycles. The zero-order chi connectivity index (χ0) is 14.4. The number of amidine groups is 1. The van der Waals surface area contributed by atoms with Crippen LogP contribution in [-0.2, 0) is 0 Å². The molecule has 2 aliphatic rings. The van der Waals surface area contributed by atoms with Crippen LogP contribution in [0.2, 0.25) is 0 Å². The van der Waals surface area contributed by atoms with Gasteiger partial charge in [-0.25, -0.2) is 0 Å². The summed E-state index contributed by atoms with van der Waals surface area (Å²) in [4.78, 5) is 7.39. The summed E-state index contributed by atoms with van der Waals surface area (Å²) in [5, 5.41) is 4.93. The second-order valence-electron chi connectivity index (χ2n) is 6.35. The molecule has 1 spiro atoms. The zero-order valence-corrected chi connectivity index (χ0v) is 14.3. The van der Waals surface area contributed by atoms with Crippen LogP contribution in [0.25, 0.3) is 0 Å². The number of hydrogen-bond acceptors (Lipinski definition) is 3. The van der Waals surface area contributed by atoms with Crippen molar-refractivity contribution in [2.75, 3.05) is 25.4 Å². The molecular formula is C16H31N3S. The van der Waals surface area contributed by atoms with Crippen molar-refractivity contribution in [1.29, 1.82) is 0 Å². The Labute approximate surface area is 129 Å². The molecule has 4 heteroatoms. The van der Waals surface area contributed by atoms with Crippen molar-refractivity contribution in [1.82, 2.24) is 10.2 Å². The minimum absolute atomic E-state index is 0.407. The summed E-state index contributed by atoms with van der Waals surface area (Å²) in [7, 11) is 0. The SMILES string of the molecule is CCN(CC)CCCC(C)N=C1NC2(CCCC2)CS1. The summed E-state index contributed by atoms with van der Waals surface area (Å²) in [6.45, 7) is 10.3. The number of aliphatic imine (C=N–C) groups is 1. The number of thioether (sulfide) groups is 1. The molecular weight excluding hydrogens is 266 g/mol. The molecule has 1 heterocycles. The third kappa shape index (κ3) is 4.39. The maximum absolute atomic E-state index is 4.89. The molecule has 1 N–H and O–H groups in total. The largest absolute Gasteiger partial charge is 0.359 e. The van der Waals surface area contributed by atoms with Gasteiger partial charge in [-0.1, -0.05) is 38.5 Å². The Hall–Kier alpha value is -0.220. The lowest BCUT2D eigenvalue weighted by Gasteiger charge is -2.22. The van der Waals surface area contributed by atoms with Gasteiger partial charge in [-0.05, 0) is 52.2 Å². The molecule has 20 heavy (non-hydrogen) atoms. The molecule has 1 atom stereocenters. The number of rotatable bonds is 7. The fraction of sp³-hybridized carbons (Fsp3) is 0.938. The molecule has 2 rings (SSSR count). The van der Waals surface area contributed by atoms with Crippen LogP contribution in [0.5, 0.6) is 0 Å². The second-order valence-corrected chi connectivity index (χ2v) is 7.32. The van der Waals surface area contributed by atoms with E-state index in [1.54, 1.807) is 0 Å². The summed E-state index contributed by atoms with van der Waals surface area (Å²) in [6, 6.07) is 0.456. The normalized spacial score (nSPS) is 24.7. The average Bonchev–Trinajstić information content (AvgIpc) is 3.06.